The van der Waals surface area contributed by atoms with Gasteiger partial charge in [0.05, 0.1) is 0 Å². The van der Waals surface area contributed by atoms with Crippen LogP contribution in [0, 0.1) is 5.82 Å². The van der Waals surface area contributed by atoms with Crippen LogP contribution >= 0.6 is 0 Å². The largest absolute Gasteiger partial charge is 0.467 e. The number of benzene rings is 1. The van der Waals surface area contributed by atoms with E-state index in [4.69, 9.17) is 9.47 Å². The molecule has 0 spiro atoms. The monoisotopic (exact) mass is 224 g/mol. The molecule has 0 radical (unpaired) electrons. The first-order chi connectivity index (χ1) is 7.77. The Labute approximate surface area is 95.7 Å². The highest BCUT2D eigenvalue weighted by atomic mass is 19.1. The molecule has 0 unspecified atom stereocenters. The lowest BCUT2D eigenvalue weighted by atomic mass is 10.1. The summed E-state index contributed by atoms with van der Waals surface area (Å²) >= 11 is 0. The molecule has 0 N–H and O–H groups in total. The SMILES string of the molecule is C/C=C/CCc1ccc(OCOC)cc1F. The molecule has 88 valence electrons. The molecule has 2 nitrogen and oxygen atoms in total. The Morgan fingerprint density at radius 1 is 1.38 bits per heavy atom. The Hall–Kier alpha value is -1.35. The number of methoxy groups -OCH3 is 1. The molecule has 0 aromatic heterocycles. The molecule has 0 aliphatic rings. The maximum absolute atomic E-state index is 13.6. The van der Waals surface area contributed by atoms with E-state index in [-0.39, 0.29) is 12.6 Å². The molecule has 3 heteroatoms. The third-order valence-corrected chi connectivity index (χ3v) is 2.18. The van der Waals surface area contributed by atoms with Crippen LogP contribution in [0.1, 0.15) is 18.9 Å². The maximum Gasteiger partial charge on any atom is 0.188 e. The summed E-state index contributed by atoms with van der Waals surface area (Å²) in [4.78, 5) is 0. The smallest absolute Gasteiger partial charge is 0.188 e. The third kappa shape index (κ3) is 4.03. The second-order valence-electron chi connectivity index (χ2n) is 3.41. The first-order valence-corrected chi connectivity index (χ1v) is 5.29. The molecule has 0 aliphatic heterocycles. The van der Waals surface area contributed by atoms with Crippen molar-refractivity contribution >= 4 is 0 Å². The van der Waals surface area contributed by atoms with Crippen LogP contribution in [0.2, 0.25) is 0 Å². The van der Waals surface area contributed by atoms with Crippen molar-refractivity contribution in [2.24, 2.45) is 0 Å². The highest BCUT2D eigenvalue weighted by Crippen LogP contribution is 2.18. The van der Waals surface area contributed by atoms with Crippen LogP contribution in [0.4, 0.5) is 4.39 Å². The number of aryl methyl sites for hydroxylation is 1. The zero-order valence-electron chi connectivity index (χ0n) is 9.70. The lowest BCUT2D eigenvalue weighted by Crippen LogP contribution is -2.00. The molecular formula is C13H17FO2. The second kappa shape index (κ2) is 7.01. The summed E-state index contributed by atoms with van der Waals surface area (Å²) in [7, 11) is 1.53. The predicted octanol–water partition coefficient (Wildman–Crippen LogP) is 3.32. The predicted molar refractivity (Wildman–Crippen MR) is 62.0 cm³/mol. The van der Waals surface area contributed by atoms with Gasteiger partial charge in [-0.15, -0.1) is 0 Å². The number of rotatable bonds is 6. The minimum absolute atomic E-state index is 0.136. The topological polar surface area (TPSA) is 18.5 Å². The van der Waals surface area contributed by atoms with E-state index in [1.807, 2.05) is 19.1 Å². The molecule has 0 heterocycles. The number of halogens is 1. The van der Waals surface area contributed by atoms with Crippen molar-refractivity contribution in [3.8, 4) is 5.75 Å². The molecule has 1 rings (SSSR count). The summed E-state index contributed by atoms with van der Waals surface area (Å²) in [6.45, 7) is 2.09. The molecule has 1 aromatic rings. The van der Waals surface area contributed by atoms with Gasteiger partial charge in [-0.2, -0.15) is 0 Å². The Morgan fingerprint density at radius 3 is 2.81 bits per heavy atom. The summed E-state index contributed by atoms with van der Waals surface area (Å²) in [5.41, 5.74) is 0.711. The maximum atomic E-state index is 13.6. The fourth-order valence-electron chi connectivity index (χ4n) is 1.35. The van der Waals surface area contributed by atoms with Crippen molar-refractivity contribution in [3.63, 3.8) is 0 Å². The van der Waals surface area contributed by atoms with Crippen LogP contribution in [0.25, 0.3) is 0 Å². The van der Waals surface area contributed by atoms with E-state index in [0.29, 0.717) is 17.7 Å². The van der Waals surface area contributed by atoms with Crippen molar-refractivity contribution in [1.82, 2.24) is 0 Å². The van der Waals surface area contributed by atoms with E-state index in [0.717, 1.165) is 6.42 Å². The molecule has 0 atom stereocenters. The van der Waals surface area contributed by atoms with Gasteiger partial charge in [-0.1, -0.05) is 18.2 Å². The van der Waals surface area contributed by atoms with Gasteiger partial charge in [0.15, 0.2) is 6.79 Å². The lowest BCUT2D eigenvalue weighted by molar-refractivity contribution is 0.0509. The number of hydrogen-bond donors (Lipinski definition) is 0. The number of ether oxygens (including phenoxy) is 2. The lowest BCUT2D eigenvalue weighted by Gasteiger charge is -2.06. The van der Waals surface area contributed by atoms with Gasteiger partial charge in [-0.25, -0.2) is 4.39 Å². The molecule has 1 aromatic carbocycles. The Bertz CT molecular complexity index is 348. The standard InChI is InChI=1S/C13H17FO2/c1-3-4-5-6-11-7-8-12(9-13(11)14)16-10-15-2/h3-4,7-9H,5-6,10H2,1-2H3/b4-3+. The quantitative estimate of drug-likeness (QED) is 0.545. The minimum Gasteiger partial charge on any atom is -0.467 e. The van der Waals surface area contributed by atoms with Gasteiger partial charge in [0.1, 0.15) is 11.6 Å². The van der Waals surface area contributed by atoms with Crippen molar-refractivity contribution in [2.45, 2.75) is 19.8 Å². The molecule has 0 bridgehead atoms. The van der Waals surface area contributed by atoms with E-state index in [2.05, 4.69) is 0 Å². The Balaban J connectivity index is 2.60. The van der Waals surface area contributed by atoms with E-state index in [1.165, 1.54) is 13.2 Å². The summed E-state index contributed by atoms with van der Waals surface area (Å²) in [5, 5.41) is 0. The summed E-state index contributed by atoms with van der Waals surface area (Å²) in [6, 6.07) is 4.90. The average Bonchev–Trinajstić information content (AvgIpc) is 2.29. The van der Waals surface area contributed by atoms with Crippen LogP contribution in [0.3, 0.4) is 0 Å². The second-order valence-corrected chi connectivity index (χ2v) is 3.41. The van der Waals surface area contributed by atoms with Crippen LogP contribution in [-0.2, 0) is 11.2 Å². The fourth-order valence-corrected chi connectivity index (χ4v) is 1.35. The van der Waals surface area contributed by atoms with Gasteiger partial charge in [0.2, 0.25) is 0 Å². The van der Waals surface area contributed by atoms with Gasteiger partial charge < -0.3 is 9.47 Å². The fraction of sp³-hybridized carbons (Fsp3) is 0.385. The van der Waals surface area contributed by atoms with E-state index in [1.54, 1.807) is 12.1 Å². The highest BCUT2D eigenvalue weighted by Gasteiger charge is 2.03. The van der Waals surface area contributed by atoms with E-state index >= 15 is 0 Å². The zero-order chi connectivity index (χ0) is 11.8. The molecule has 0 saturated carbocycles. The Morgan fingerprint density at radius 2 is 2.19 bits per heavy atom. The van der Waals surface area contributed by atoms with Gasteiger partial charge in [0.25, 0.3) is 0 Å². The van der Waals surface area contributed by atoms with Crippen LogP contribution in [-0.4, -0.2) is 13.9 Å². The van der Waals surface area contributed by atoms with Crippen molar-refractivity contribution in [1.29, 1.82) is 0 Å². The van der Waals surface area contributed by atoms with E-state index < -0.39 is 0 Å². The van der Waals surface area contributed by atoms with Gasteiger partial charge in [0, 0.05) is 13.2 Å². The summed E-state index contributed by atoms with van der Waals surface area (Å²) < 4.78 is 23.4. The van der Waals surface area contributed by atoms with Gasteiger partial charge in [-0.05, 0) is 31.4 Å². The molecule has 0 amide bonds. The van der Waals surface area contributed by atoms with Crippen molar-refractivity contribution in [2.75, 3.05) is 13.9 Å². The van der Waals surface area contributed by atoms with Gasteiger partial charge >= 0.3 is 0 Å². The van der Waals surface area contributed by atoms with Crippen LogP contribution in [0.15, 0.2) is 30.4 Å². The van der Waals surface area contributed by atoms with E-state index in [9.17, 15) is 4.39 Å². The molecule has 0 aliphatic carbocycles. The summed E-state index contributed by atoms with van der Waals surface area (Å²) in [6.07, 6.45) is 5.55. The van der Waals surface area contributed by atoms with Crippen LogP contribution in [0.5, 0.6) is 5.75 Å². The van der Waals surface area contributed by atoms with Crippen molar-refractivity contribution in [3.05, 3.63) is 41.7 Å². The zero-order valence-corrected chi connectivity index (χ0v) is 9.70. The normalized spacial score (nSPS) is 10.9. The Kier molecular flexibility index (Phi) is 5.57. The molecule has 16 heavy (non-hydrogen) atoms. The summed E-state index contributed by atoms with van der Waals surface area (Å²) in [5.74, 6) is 0.271. The minimum atomic E-state index is -0.224. The average molecular weight is 224 g/mol. The molecular weight excluding hydrogens is 207 g/mol. The first kappa shape index (κ1) is 12.7. The first-order valence-electron chi connectivity index (χ1n) is 5.29. The highest BCUT2D eigenvalue weighted by molar-refractivity contribution is 5.29. The van der Waals surface area contributed by atoms with Crippen molar-refractivity contribution < 1.29 is 13.9 Å². The van der Waals surface area contributed by atoms with Crippen LogP contribution < -0.4 is 4.74 Å². The molecule has 0 saturated heterocycles. The third-order valence-electron chi connectivity index (χ3n) is 2.18. The number of allylic oxidation sites excluding steroid dienone is 2. The van der Waals surface area contributed by atoms with Gasteiger partial charge in [-0.3, -0.25) is 0 Å². The molecule has 0 fully saturated rings. The number of hydrogen-bond acceptors (Lipinski definition) is 2.